The minimum absolute atomic E-state index is 0.176. The number of aliphatic imine (C=N–C) groups is 1. The van der Waals surface area contributed by atoms with Crippen LogP contribution in [0.4, 0.5) is 10.1 Å². The smallest absolute Gasteiger partial charge is 0.338 e. The summed E-state index contributed by atoms with van der Waals surface area (Å²) in [5.74, 6) is -0.460. The topological polar surface area (TPSA) is 120 Å². The molecule has 1 unspecified atom stereocenters. The third kappa shape index (κ3) is 5.30. The molecular formula is C25H21BrFN7O2S. The third-order valence-electron chi connectivity index (χ3n) is 5.58. The van der Waals surface area contributed by atoms with Gasteiger partial charge in [0.05, 0.1) is 30.6 Å². The van der Waals surface area contributed by atoms with Gasteiger partial charge in [-0.15, -0.1) is 16.4 Å². The molecule has 0 spiro atoms. The molecule has 3 heterocycles. The molecule has 0 radical (unpaired) electrons. The lowest BCUT2D eigenvalue weighted by Crippen LogP contribution is -2.35. The van der Waals surface area contributed by atoms with Gasteiger partial charge in [-0.2, -0.15) is 0 Å². The Morgan fingerprint density at radius 1 is 1.27 bits per heavy atom. The predicted molar refractivity (Wildman–Crippen MR) is 142 cm³/mol. The van der Waals surface area contributed by atoms with Crippen molar-refractivity contribution in [1.82, 2.24) is 25.3 Å². The molecule has 5 rings (SSSR count). The number of benzene rings is 2. The Morgan fingerprint density at radius 3 is 2.78 bits per heavy atom. The zero-order valence-corrected chi connectivity index (χ0v) is 22.0. The van der Waals surface area contributed by atoms with Crippen LogP contribution < -0.4 is 11.1 Å². The zero-order chi connectivity index (χ0) is 25.9. The highest BCUT2D eigenvalue weighted by atomic mass is 79.9. The lowest BCUT2D eigenvalue weighted by atomic mass is 9.95. The summed E-state index contributed by atoms with van der Waals surface area (Å²) in [5, 5.41) is 14.3. The molecule has 0 aliphatic carbocycles. The van der Waals surface area contributed by atoms with Crippen molar-refractivity contribution in [2.45, 2.75) is 19.5 Å². The van der Waals surface area contributed by atoms with E-state index in [0.29, 0.717) is 43.5 Å². The van der Waals surface area contributed by atoms with Crippen LogP contribution in [-0.4, -0.2) is 38.4 Å². The lowest BCUT2D eigenvalue weighted by Gasteiger charge is -2.27. The largest absolute Gasteiger partial charge is 0.463 e. The third-order valence-corrected chi connectivity index (χ3v) is 7.05. The SMILES string of the molecule is CCOC(=O)C1=C(Cn2cc(-c3ccc(N)cc3)nn2)NC(c2nccs2)=NC1c1ccc(F)cc1Br. The summed E-state index contributed by atoms with van der Waals surface area (Å²) >= 11 is 4.84. The Kier molecular flexibility index (Phi) is 7.10. The molecule has 9 nitrogen and oxygen atoms in total. The van der Waals surface area contributed by atoms with Crippen LogP contribution in [0, 0.1) is 5.82 Å². The molecule has 1 aliphatic rings. The van der Waals surface area contributed by atoms with Gasteiger partial charge in [-0.1, -0.05) is 39.3 Å². The van der Waals surface area contributed by atoms with Crippen LogP contribution in [0.25, 0.3) is 11.3 Å². The minimum Gasteiger partial charge on any atom is -0.463 e. The highest BCUT2D eigenvalue weighted by Crippen LogP contribution is 2.37. The number of aromatic nitrogens is 4. The number of hydrogen-bond acceptors (Lipinski definition) is 9. The maximum Gasteiger partial charge on any atom is 0.338 e. The van der Waals surface area contributed by atoms with Crippen molar-refractivity contribution in [1.29, 1.82) is 0 Å². The predicted octanol–water partition coefficient (Wildman–Crippen LogP) is 4.49. The van der Waals surface area contributed by atoms with E-state index in [2.05, 4.69) is 36.5 Å². The van der Waals surface area contributed by atoms with E-state index in [9.17, 15) is 9.18 Å². The summed E-state index contributed by atoms with van der Waals surface area (Å²) in [4.78, 5) is 22.4. The number of allylic oxidation sites excluding steroid dienone is 1. The number of nitrogens with zero attached hydrogens (tertiary/aromatic N) is 5. The summed E-state index contributed by atoms with van der Waals surface area (Å²) < 4.78 is 21.4. The maximum absolute atomic E-state index is 13.9. The first kappa shape index (κ1) is 24.8. The second-order valence-electron chi connectivity index (χ2n) is 8.04. The average Bonchev–Trinajstić information content (AvgIpc) is 3.57. The first-order valence-corrected chi connectivity index (χ1v) is 13.0. The van der Waals surface area contributed by atoms with Crippen molar-refractivity contribution < 1.29 is 13.9 Å². The molecule has 0 fully saturated rings. The van der Waals surface area contributed by atoms with Crippen molar-refractivity contribution in [2.24, 2.45) is 4.99 Å². The molecule has 0 amide bonds. The van der Waals surface area contributed by atoms with E-state index < -0.39 is 17.8 Å². The van der Waals surface area contributed by atoms with E-state index in [1.807, 2.05) is 17.5 Å². The van der Waals surface area contributed by atoms with E-state index in [1.54, 1.807) is 42.2 Å². The zero-order valence-electron chi connectivity index (χ0n) is 19.6. The van der Waals surface area contributed by atoms with Crippen LogP contribution in [0.3, 0.4) is 0 Å². The molecule has 2 aromatic carbocycles. The Bertz CT molecular complexity index is 1500. The number of thiazole rings is 1. The molecule has 0 bridgehead atoms. The summed E-state index contributed by atoms with van der Waals surface area (Å²) in [6.45, 7) is 2.09. The Hall–Kier alpha value is -3.90. The van der Waals surface area contributed by atoms with E-state index >= 15 is 0 Å². The van der Waals surface area contributed by atoms with Gasteiger partial charge >= 0.3 is 5.97 Å². The van der Waals surface area contributed by atoms with Crippen molar-refractivity contribution in [3.05, 3.63) is 92.4 Å². The van der Waals surface area contributed by atoms with Gasteiger partial charge < -0.3 is 15.8 Å². The van der Waals surface area contributed by atoms with Crippen molar-refractivity contribution in [2.75, 3.05) is 12.3 Å². The van der Waals surface area contributed by atoms with Gasteiger partial charge in [0.1, 0.15) is 17.6 Å². The first-order chi connectivity index (χ1) is 17.9. The number of amidine groups is 1. The molecular weight excluding hydrogens is 561 g/mol. The van der Waals surface area contributed by atoms with E-state index in [1.165, 1.54) is 23.5 Å². The second-order valence-corrected chi connectivity index (χ2v) is 9.79. The van der Waals surface area contributed by atoms with E-state index in [0.717, 1.165) is 5.56 Å². The summed E-state index contributed by atoms with van der Waals surface area (Å²) in [7, 11) is 0. The highest BCUT2D eigenvalue weighted by molar-refractivity contribution is 9.10. The fourth-order valence-electron chi connectivity index (χ4n) is 3.89. The van der Waals surface area contributed by atoms with Gasteiger partial charge in [0.2, 0.25) is 0 Å². The highest BCUT2D eigenvalue weighted by Gasteiger charge is 2.34. The Labute approximate surface area is 224 Å². The van der Waals surface area contributed by atoms with Gasteiger partial charge in [0.25, 0.3) is 0 Å². The molecule has 4 aromatic rings. The van der Waals surface area contributed by atoms with Crippen molar-refractivity contribution >= 4 is 44.8 Å². The number of anilines is 1. The summed E-state index contributed by atoms with van der Waals surface area (Å²) in [5.41, 5.74) is 9.38. The van der Waals surface area contributed by atoms with Crippen molar-refractivity contribution in [3.63, 3.8) is 0 Å². The molecule has 2 aromatic heterocycles. The minimum atomic E-state index is -0.774. The van der Waals surface area contributed by atoms with Crippen LogP contribution in [0.1, 0.15) is 23.5 Å². The van der Waals surface area contributed by atoms with E-state index in [4.69, 9.17) is 15.5 Å². The monoisotopic (exact) mass is 581 g/mol. The number of ether oxygens (including phenoxy) is 1. The Morgan fingerprint density at radius 2 is 2.08 bits per heavy atom. The molecule has 37 heavy (non-hydrogen) atoms. The quantitative estimate of drug-likeness (QED) is 0.243. The number of esters is 1. The van der Waals surface area contributed by atoms with E-state index in [-0.39, 0.29) is 13.2 Å². The van der Waals surface area contributed by atoms with Crippen LogP contribution in [0.15, 0.2) is 81.0 Å². The van der Waals surface area contributed by atoms with Crippen LogP contribution >= 0.6 is 27.3 Å². The Balaban J connectivity index is 1.59. The number of nitrogens with one attached hydrogen (secondary N) is 1. The number of rotatable bonds is 7. The standard InChI is InChI=1S/C25H21BrFN7O2S/c1-2-36-25(35)21-20(13-34-12-19(32-33-34)14-3-6-16(28)7-4-14)30-23(24-29-9-10-37-24)31-22(21)17-8-5-15(27)11-18(17)26/h3-12,22H,2,13,28H2,1H3,(H,30,31). The molecule has 1 atom stereocenters. The number of halogens is 2. The van der Waals surface area contributed by atoms with Crippen molar-refractivity contribution in [3.8, 4) is 11.3 Å². The van der Waals surface area contributed by atoms with Gasteiger partial charge in [0.15, 0.2) is 10.8 Å². The lowest BCUT2D eigenvalue weighted by molar-refractivity contribution is -0.139. The molecule has 0 saturated carbocycles. The van der Waals surface area contributed by atoms with Gasteiger partial charge in [-0.3, -0.25) is 4.99 Å². The molecule has 12 heteroatoms. The summed E-state index contributed by atoms with van der Waals surface area (Å²) in [6, 6.07) is 10.8. The van der Waals surface area contributed by atoms with Crippen LogP contribution in [0.2, 0.25) is 0 Å². The fraction of sp³-hybridized carbons (Fsp3) is 0.160. The molecule has 1 aliphatic heterocycles. The number of carbonyl (C=O) groups excluding carboxylic acids is 1. The number of hydrogen-bond donors (Lipinski definition) is 2. The first-order valence-electron chi connectivity index (χ1n) is 11.3. The maximum atomic E-state index is 13.9. The van der Waals surface area contributed by atoms with Gasteiger partial charge in [-0.05, 0) is 36.8 Å². The normalized spacial score (nSPS) is 15.3. The molecule has 0 saturated heterocycles. The second kappa shape index (κ2) is 10.6. The van der Waals surface area contributed by atoms with Crippen LogP contribution in [-0.2, 0) is 16.1 Å². The molecule has 188 valence electrons. The summed E-state index contributed by atoms with van der Waals surface area (Å²) in [6.07, 6.45) is 3.45. The number of nitrogens with two attached hydrogens (primary N) is 1. The average molecular weight is 582 g/mol. The number of carbonyl (C=O) groups is 1. The van der Waals surface area contributed by atoms with Crippen LogP contribution in [0.5, 0.6) is 0 Å². The molecule has 3 N–H and O–H groups in total. The number of nitrogen functional groups attached to an aromatic ring is 1. The fourth-order valence-corrected chi connectivity index (χ4v) is 5.05. The van der Waals surface area contributed by atoms with Gasteiger partial charge in [-0.25, -0.2) is 18.9 Å². The van der Waals surface area contributed by atoms with Gasteiger partial charge in [0, 0.05) is 27.3 Å².